The van der Waals surface area contributed by atoms with Crippen LogP contribution in [0.4, 0.5) is 24.5 Å². The van der Waals surface area contributed by atoms with Crippen molar-refractivity contribution in [3.63, 3.8) is 0 Å². The van der Waals surface area contributed by atoms with Crippen molar-refractivity contribution in [3.05, 3.63) is 45.4 Å². The van der Waals surface area contributed by atoms with E-state index in [1.165, 1.54) is 28.0 Å². The molecule has 0 bridgehead atoms. The average Bonchev–Trinajstić information content (AvgIpc) is 3.25. The first kappa shape index (κ1) is 28.9. The number of thiophene rings is 1. The van der Waals surface area contributed by atoms with Crippen molar-refractivity contribution in [1.82, 2.24) is 10.2 Å². The van der Waals surface area contributed by atoms with Gasteiger partial charge in [0.15, 0.2) is 0 Å². The van der Waals surface area contributed by atoms with Gasteiger partial charge in [-0.2, -0.15) is 0 Å². The number of halogens is 4. The number of carbonyl (C=O) groups excluding carboxylic acids is 3. The summed E-state index contributed by atoms with van der Waals surface area (Å²) in [7, 11) is 0. The van der Waals surface area contributed by atoms with Gasteiger partial charge in [-0.1, -0.05) is 25.4 Å². The first-order valence-electron chi connectivity index (χ1n) is 11.6. The monoisotopic (exact) mass is 560 g/mol. The molecule has 0 radical (unpaired) electrons. The summed E-state index contributed by atoms with van der Waals surface area (Å²) in [6.45, 7) is 3.16. The average molecular weight is 561 g/mol. The van der Waals surface area contributed by atoms with E-state index in [0.717, 1.165) is 17.4 Å². The van der Waals surface area contributed by atoms with E-state index in [-0.39, 0.29) is 56.0 Å². The van der Waals surface area contributed by atoms with E-state index in [9.17, 15) is 27.6 Å². The van der Waals surface area contributed by atoms with Gasteiger partial charge in [0, 0.05) is 25.3 Å². The van der Waals surface area contributed by atoms with Crippen LogP contribution in [0.3, 0.4) is 0 Å². The van der Waals surface area contributed by atoms with E-state index in [2.05, 4.69) is 10.6 Å². The predicted molar refractivity (Wildman–Crippen MR) is 136 cm³/mol. The number of anilines is 2. The molecule has 0 spiro atoms. The van der Waals surface area contributed by atoms with Crippen LogP contribution in [0.2, 0.25) is 4.34 Å². The second-order valence-corrected chi connectivity index (χ2v) is 10.5. The number of nitrogens with zero attached hydrogens (tertiary/aromatic N) is 2. The highest BCUT2D eigenvalue weighted by atomic mass is 35.5. The second kappa shape index (κ2) is 13.2. The van der Waals surface area contributed by atoms with Gasteiger partial charge in [0.2, 0.25) is 5.91 Å². The standard InChI is InChI=1S/C24H28ClF3N4O4S/c1-14(2)11-31(12-21(27)28)18(10-29-24(35)19-5-6-20(25)37-19)23(34)30-15-3-4-17(16(26)9-15)32-7-8-36-13-22(32)33/h3-6,9,14,18,21H,7-8,10-13H2,1-2H3,(H,29,35)(H,30,34)/t18-/m1/s1. The number of benzene rings is 1. The smallest absolute Gasteiger partial charge is 0.261 e. The van der Waals surface area contributed by atoms with Crippen molar-refractivity contribution in [2.24, 2.45) is 5.92 Å². The molecule has 1 atom stereocenters. The van der Waals surface area contributed by atoms with E-state index >= 15 is 0 Å². The van der Waals surface area contributed by atoms with Gasteiger partial charge in [0.05, 0.1) is 28.1 Å². The van der Waals surface area contributed by atoms with Gasteiger partial charge in [-0.05, 0) is 36.2 Å². The number of rotatable bonds is 11. The molecule has 1 aromatic carbocycles. The Labute approximate surface area is 221 Å². The minimum Gasteiger partial charge on any atom is -0.370 e. The Morgan fingerprint density at radius 3 is 2.57 bits per heavy atom. The maximum Gasteiger partial charge on any atom is 0.261 e. The van der Waals surface area contributed by atoms with Crippen LogP contribution in [0, 0.1) is 11.7 Å². The lowest BCUT2D eigenvalue weighted by Crippen LogP contribution is -2.53. The van der Waals surface area contributed by atoms with Crippen LogP contribution >= 0.6 is 22.9 Å². The highest BCUT2D eigenvalue weighted by Gasteiger charge is 2.30. The SMILES string of the molecule is CC(C)CN(CC(F)F)[C@H](CNC(=O)c1ccc(Cl)s1)C(=O)Nc1ccc(N2CCOCC2=O)c(F)c1. The largest absolute Gasteiger partial charge is 0.370 e. The van der Waals surface area contributed by atoms with Crippen LogP contribution in [-0.2, 0) is 14.3 Å². The summed E-state index contributed by atoms with van der Waals surface area (Å²) in [5, 5.41) is 5.17. The maximum absolute atomic E-state index is 14.8. The number of hydrogen-bond acceptors (Lipinski definition) is 6. The van der Waals surface area contributed by atoms with Crippen molar-refractivity contribution in [3.8, 4) is 0 Å². The third-order valence-electron chi connectivity index (χ3n) is 5.46. The van der Waals surface area contributed by atoms with E-state index in [1.807, 2.05) is 13.8 Å². The lowest BCUT2D eigenvalue weighted by Gasteiger charge is -2.32. The fourth-order valence-corrected chi connectivity index (χ4v) is 4.84. The molecule has 3 rings (SSSR count). The fourth-order valence-electron chi connectivity index (χ4n) is 3.88. The van der Waals surface area contributed by atoms with Gasteiger partial charge in [-0.3, -0.25) is 19.3 Å². The van der Waals surface area contributed by atoms with Crippen molar-refractivity contribution >= 4 is 52.0 Å². The predicted octanol–water partition coefficient (Wildman–Crippen LogP) is 3.86. The Balaban J connectivity index is 1.79. The zero-order valence-corrected chi connectivity index (χ0v) is 21.9. The Kier molecular flexibility index (Phi) is 10.3. The van der Waals surface area contributed by atoms with Crippen LogP contribution in [-0.4, -0.2) is 74.5 Å². The molecule has 1 aliphatic heterocycles. The third kappa shape index (κ3) is 8.16. The summed E-state index contributed by atoms with van der Waals surface area (Å²) in [5.74, 6) is -2.37. The molecular formula is C24H28ClF3N4O4S. The molecule has 37 heavy (non-hydrogen) atoms. The summed E-state index contributed by atoms with van der Waals surface area (Å²) in [5.41, 5.74) is 0.124. The molecule has 0 aliphatic carbocycles. The molecule has 8 nitrogen and oxygen atoms in total. The molecule has 1 saturated heterocycles. The number of amides is 3. The number of morpholine rings is 1. The number of carbonyl (C=O) groups is 3. The lowest BCUT2D eigenvalue weighted by atomic mass is 10.1. The Morgan fingerprint density at radius 2 is 1.97 bits per heavy atom. The van der Waals surface area contributed by atoms with Gasteiger partial charge in [-0.25, -0.2) is 13.2 Å². The van der Waals surface area contributed by atoms with Gasteiger partial charge < -0.3 is 20.3 Å². The summed E-state index contributed by atoms with van der Waals surface area (Å²) in [4.78, 5) is 40.7. The van der Waals surface area contributed by atoms with Crippen LogP contribution in [0.5, 0.6) is 0 Å². The molecule has 0 saturated carbocycles. The van der Waals surface area contributed by atoms with Crippen LogP contribution in [0.15, 0.2) is 30.3 Å². The number of hydrogen-bond donors (Lipinski definition) is 2. The fraction of sp³-hybridized carbons (Fsp3) is 0.458. The van der Waals surface area contributed by atoms with Crippen molar-refractivity contribution < 1.29 is 32.3 Å². The summed E-state index contributed by atoms with van der Waals surface area (Å²) >= 11 is 6.92. The molecule has 13 heteroatoms. The molecule has 2 aromatic rings. The Bertz CT molecular complexity index is 1110. The summed E-state index contributed by atoms with van der Waals surface area (Å²) in [6.07, 6.45) is -2.72. The van der Waals surface area contributed by atoms with Crippen molar-refractivity contribution in [1.29, 1.82) is 0 Å². The van der Waals surface area contributed by atoms with Crippen LogP contribution in [0.25, 0.3) is 0 Å². The molecule has 3 amide bonds. The van der Waals surface area contributed by atoms with Crippen LogP contribution in [0.1, 0.15) is 23.5 Å². The molecule has 2 heterocycles. The Morgan fingerprint density at radius 1 is 1.22 bits per heavy atom. The normalized spacial score (nSPS) is 14.9. The molecule has 1 aliphatic rings. The highest BCUT2D eigenvalue weighted by Crippen LogP contribution is 2.25. The van der Waals surface area contributed by atoms with Gasteiger partial charge in [0.25, 0.3) is 18.2 Å². The van der Waals surface area contributed by atoms with E-state index in [1.54, 1.807) is 6.07 Å². The van der Waals surface area contributed by atoms with E-state index in [4.69, 9.17) is 16.3 Å². The van der Waals surface area contributed by atoms with Gasteiger partial charge >= 0.3 is 0 Å². The highest BCUT2D eigenvalue weighted by molar-refractivity contribution is 7.18. The zero-order chi connectivity index (χ0) is 27.1. The minimum absolute atomic E-state index is 0.0452. The third-order valence-corrected chi connectivity index (χ3v) is 6.69. The molecule has 1 aromatic heterocycles. The quantitative estimate of drug-likeness (QED) is 0.435. The maximum atomic E-state index is 14.8. The molecular weight excluding hydrogens is 533 g/mol. The Hall–Kier alpha value is -2.67. The first-order chi connectivity index (χ1) is 17.5. The van der Waals surface area contributed by atoms with Crippen LogP contribution < -0.4 is 15.5 Å². The van der Waals surface area contributed by atoms with Gasteiger partial charge in [0.1, 0.15) is 18.5 Å². The molecule has 0 unspecified atom stereocenters. The minimum atomic E-state index is -2.72. The molecule has 1 fully saturated rings. The van der Waals surface area contributed by atoms with Crippen molar-refractivity contribution in [2.45, 2.75) is 26.3 Å². The molecule has 2 N–H and O–H groups in total. The number of ether oxygens (including phenoxy) is 1. The van der Waals surface area contributed by atoms with E-state index < -0.39 is 36.6 Å². The zero-order valence-electron chi connectivity index (χ0n) is 20.3. The second-order valence-electron chi connectivity index (χ2n) is 8.82. The number of alkyl halides is 2. The first-order valence-corrected chi connectivity index (χ1v) is 12.8. The number of nitrogens with one attached hydrogen (secondary N) is 2. The molecule has 202 valence electrons. The van der Waals surface area contributed by atoms with E-state index in [0.29, 0.717) is 9.21 Å². The van der Waals surface area contributed by atoms with Crippen molar-refractivity contribution in [2.75, 3.05) is 49.6 Å². The lowest BCUT2D eigenvalue weighted by molar-refractivity contribution is -0.125. The topological polar surface area (TPSA) is 91.0 Å². The summed E-state index contributed by atoms with van der Waals surface area (Å²) < 4.78 is 47.1. The van der Waals surface area contributed by atoms with Gasteiger partial charge in [-0.15, -0.1) is 11.3 Å². The summed E-state index contributed by atoms with van der Waals surface area (Å²) in [6, 6.07) is 5.74.